The van der Waals surface area contributed by atoms with Crippen molar-refractivity contribution in [1.29, 1.82) is 0 Å². The Bertz CT molecular complexity index is 513. The number of nitrogens with zero attached hydrogens (tertiary/aromatic N) is 3. The molecule has 2 heterocycles. The molecule has 3 rings (SSSR count). The van der Waals surface area contributed by atoms with Crippen molar-refractivity contribution in [2.75, 3.05) is 5.73 Å². The third-order valence-corrected chi connectivity index (χ3v) is 3.40. The highest BCUT2D eigenvalue weighted by molar-refractivity contribution is 5.47. The van der Waals surface area contributed by atoms with Gasteiger partial charge in [0.2, 0.25) is 0 Å². The summed E-state index contributed by atoms with van der Waals surface area (Å²) < 4.78 is 1.96. The molecule has 2 aromatic heterocycles. The minimum Gasteiger partial charge on any atom is -0.398 e. The molecule has 0 unspecified atom stereocenters. The van der Waals surface area contributed by atoms with Crippen LogP contribution in [0.5, 0.6) is 0 Å². The third-order valence-electron chi connectivity index (χ3n) is 3.40. The first-order valence-electron chi connectivity index (χ1n) is 6.15. The molecular weight excluding hydrogens is 214 g/mol. The first-order valence-corrected chi connectivity index (χ1v) is 6.15. The Morgan fingerprint density at radius 1 is 1.29 bits per heavy atom. The van der Waals surface area contributed by atoms with Crippen molar-refractivity contribution in [1.82, 2.24) is 19.9 Å². The molecule has 1 aliphatic carbocycles. The Morgan fingerprint density at radius 3 is 2.94 bits per heavy atom. The van der Waals surface area contributed by atoms with E-state index in [1.807, 2.05) is 22.7 Å². The summed E-state index contributed by atoms with van der Waals surface area (Å²) in [6.45, 7) is 0.759. The minimum atomic E-state index is 0.642. The van der Waals surface area contributed by atoms with Gasteiger partial charge >= 0.3 is 0 Å². The summed E-state index contributed by atoms with van der Waals surface area (Å²) in [5.41, 5.74) is 7.36. The van der Waals surface area contributed by atoms with Gasteiger partial charge in [-0.3, -0.25) is 4.40 Å². The lowest BCUT2D eigenvalue weighted by molar-refractivity contribution is 0.512. The van der Waals surface area contributed by atoms with E-state index < -0.39 is 0 Å². The molecule has 2 aromatic rings. The van der Waals surface area contributed by atoms with Crippen LogP contribution in [0.3, 0.4) is 0 Å². The van der Waals surface area contributed by atoms with Crippen LogP contribution in [0.2, 0.25) is 0 Å². The molecule has 0 radical (unpaired) electrons. The highest BCUT2D eigenvalue weighted by Gasteiger charge is 2.15. The smallest absolute Gasteiger partial charge is 0.160 e. The van der Waals surface area contributed by atoms with Gasteiger partial charge in [-0.15, -0.1) is 10.2 Å². The summed E-state index contributed by atoms with van der Waals surface area (Å²) in [4.78, 5) is 0. The Morgan fingerprint density at radius 2 is 2.12 bits per heavy atom. The van der Waals surface area contributed by atoms with Crippen LogP contribution in [0.15, 0.2) is 18.3 Å². The van der Waals surface area contributed by atoms with Crippen LogP contribution >= 0.6 is 0 Å². The molecule has 5 heteroatoms. The molecule has 0 atom stereocenters. The summed E-state index contributed by atoms with van der Waals surface area (Å²) in [6.07, 6.45) is 7.11. The van der Waals surface area contributed by atoms with Crippen LogP contribution in [0.4, 0.5) is 5.69 Å². The maximum Gasteiger partial charge on any atom is 0.160 e. The molecule has 0 spiro atoms. The van der Waals surface area contributed by atoms with Gasteiger partial charge in [-0.05, 0) is 25.0 Å². The molecule has 0 aromatic carbocycles. The van der Waals surface area contributed by atoms with Crippen LogP contribution in [0, 0.1) is 0 Å². The maximum absolute atomic E-state index is 5.77. The summed E-state index contributed by atoms with van der Waals surface area (Å²) in [6, 6.07) is 4.38. The highest BCUT2D eigenvalue weighted by atomic mass is 15.3. The molecule has 3 N–H and O–H groups in total. The molecule has 0 aliphatic heterocycles. The van der Waals surface area contributed by atoms with Gasteiger partial charge < -0.3 is 11.1 Å². The summed E-state index contributed by atoms with van der Waals surface area (Å²) >= 11 is 0. The molecule has 17 heavy (non-hydrogen) atoms. The van der Waals surface area contributed by atoms with Crippen LogP contribution in [-0.4, -0.2) is 20.6 Å². The van der Waals surface area contributed by atoms with Gasteiger partial charge in [0.25, 0.3) is 0 Å². The average molecular weight is 231 g/mol. The summed E-state index contributed by atoms with van der Waals surface area (Å²) in [5.74, 6) is 0.930. The second kappa shape index (κ2) is 4.33. The third kappa shape index (κ3) is 2.10. The fourth-order valence-corrected chi connectivity index (χ4v) is 2.44. The molecule has 1 aliphatic rings. The standard InChI is InChI=1S/C12H17N5/c13-9-5-6-11-15-16-12(17(11)8-9)7-14-10-3-1-2-4-10/h5-6,8,10,14H,1-4,7,13H2. The van der Waals surface area contributed by atoms with E-state index in [1.54, 1.807) is 0 Å². The quantitative estimate of drug-likeness (QED) is 0.836. The van der Waals surface area contributed by atoms with E-state index in [9.17, 15) is 0 Å². The number of pyridine rings is 1. The molecular formula is C12H17N5. The number of hydrogen-bond acceptors (Lipinski definition) is 4. The van der Waals surface area contributed by atoms with Gasteiger partial charge in [-0.2, -0.15) is 0 Å². The largest absolute Gasteiger partial charge is 0.398 e. The number of aromatic nitrogens is 3. The number of fused-ring (bicyclic) bond motifs is 1. The van der Waals surface area contributed by atoms with E-state index >= 15 is 0 Å². The van der Waals surface area contributed by atoms with Crippen molar-refractivity contribution in [2.45, 2.75) is 38.3 Å². The summed E-state index contributed by atoms with van der Waals surface area (Å²) in [5, 5.41) is 11.8. The number of nitrogens with one attached hydrogen (secondary N) is 1. The van der Waals surface area contributed by atoms with E-state index in [1.165, 1.54) is 25.7 Å². The van der Waals surface area contributed by atoms with Crippen molar-refractivity contribution >= 4 is 11.3 Å². The van der Waals surface area contributed by atoms with Crippen LogP contribution < -0.4 is 11.1 Å². The zero-order valence-electron chi connectivity index (χ0n) is 9.76. The van der Waals surface area contributed by atoms with Gasteiger partial charge in [-0.25, -0.2) is 0 Å². The van der Waals surface area contributed by atoms with Crippen LogP contribution in [-0.2, 0) is 6.54 Å². The van der Waals surface area contributed by atoms with Gasteiger partial charge in [-0.1, -0.05) is 12.8 Å². The Balaban J connectivity index is 1.77. The van der Waals surface area contributed by atoms with Crippen molar-refractivity contribution in [3.8, 4) is 0 Å². The summed E-state index contributed by atoms with van der Waals surface area (Å²) in [7, 11) is 0. The van der Waals surface area contributed by atoms with Crippen molar-refractivity contribution in [3.63, 3.8) is 0 Å². The number of nitrogen functional groups attached to an aromatic ring is 1. The highest BCUT2D eigenvalue weighted by Crippen LogP contribution is 2.18. The molecule has 1 saturated carbocycles. The van der Waals surface area contributed by atoms with Gasteiger partial charge in [0.15, 0.2) is 11.5 Å². The Kier molecular flexibility index (Phi) is 2.68. The average Bonchev–Trinajstić information content (AvgIpc) is 2.94. The zero-order chi connectivity index (χ0) is 11.7. The molecule has 0 amide bonds. The first kappa shape index (κ1) is 10.5. The lowest BCUT2D eigenvalue weighted by Crippen LogP contribution is -2.26. The number of rotatable bonds is 3. The van der Waals surface area contributed by atoms with Gasteiger partial charge in [0, 0.05) is 17.9 Å². The van der Waals surface area contributed by atoms with E-state index in [2.05, 4.69) is 15.5 Å². The predicted molar refractivity (Wildman–Crippen MR) is 66.5 cm³/mol. The van der Waals surface area contributed by atoms with Crippen LogP contribution in [0.25, 0.3) is 5.65 Å². The van der Waals surface area contributed by atoms with Gasteiger partial charge in [0.05, 0.1) is 6.54 Å². The lowest BCUT2D eigenvalue weighted by Gasteiger charge is -2.10. The molecule has 0 saturated heterocycles. The van der Waals surface area contributed by atoms with Crippen LogP contribution in [0.1, 0.15) is 31.5 Å². The van der Waals surface area contributed by atoms with E-state index in [0.717, 1.165) is 23.7 Å². The molecule has 0 bridgehead atoms. The monoisotopic (exact) mass is 231 g/mol. The zero-order valence-corrected chi connectivity index (χ0v) is 9.76. The molecule has 1 fully saturated rings. The predicted octanol–water partition coefficient (Wildman–Crippen LogP) is 1.34. The fraction of sp³-hybridized carbons (Fsp3) is 0.500. The molecule has 5 nitrogen and oxygen atoms in total. The van der Waals surface area contributed by atoms with E-state index in [0.29, 0.717) is 6.04 Å². The van der Waals surface area contributed by atoms with Crippen molar-refractivity contribution < 1.29 is 0 Å². The Hall–Kier alpha value is -1.62. The lowest BCUT2D eigenvalue weighted by atomic mass is 10.2. The normalized spacial score (nSPS) is 16.9. The first-order chi connectivity index (χ1) is 8.33. The number of nitrogens with two attached hydrogens (primary N) is 1. The SMILES string of the molecule is Nc1ccc2nnc(CNC3CCCC3)n2c1. The topological polar surface area (TPSA) is 68.2 Å². The Labute approximate surface area is 100 Å². The molecule has 90 valence electrons. The number of anilines is 1. The maximum atomic E-state index is 5.77. The second-order valence-corrected chi connectivity index (χ2v) is 4.67. The fourth-order valence-electron chi connectivity index (χ4n) is 2.44. The number of hydrogen-bond donors (Lipinski definition) is 2. The van der Waals surface area contributed by atoms with Gasteiger partial charge in [0.1, 0.15) is 0 Å². The van der Waals surface area contributed by atoms with E-state index in [4.69, 9.17) is 5.73 Å². The van der Waals surface area contributed by atoms with Crippen molar-refractivity contribution in [3.05, 3.63) is 24.2 Å². The second-order valence-electron chi connectivity index (χ2n) is 4.67. The van der Waals surface area contributed by atoms with E-state index in [-0.39, 0.29) is 0 Å². The minimum absolute atomic E-state index is 0.642. The van der Waals surface area contributed by atoms with Crippen molar-refractivity contribution in [2.24, 2.45) is 0 Å².